The molecule has 5 heteroatoms. The molecule has 3 rings (SSSR count). The van der Waals surface area contributed by atoms with Crippen LogP contribution in [0, 0.1) is 6.92 Å². The Morgan fingerprint density at radius 3 is 1.35 bits per heavy atom. The third kappa shape index (κ3) is 7.36. The highest BCUT2D eigenvalue weighted by molar-refractivity contribution is 7.92. The summed E-state index contributed by atoms with van der Waals surface area (Å²) in [6.45, 7) is 14.3. The Bertz CT molecular complexity index is 1200. The van der Waals surface area contributed by atoms with Crippen molar-refractivity contribution in [2.75, 3.05) is 36.0 Å². The third-order valence-electron chi connectivity index (χ3n) is 6.71. The van der Waals surface area contributed by atoms with Crippen molar-refractivity contribution in [1.82, 2.24) is 0 Å². The van der Waals surface area contributed by atoms with Gasteiger partial charge in [0.2, 0.25) is 0 Å². The van der Waals surface area contributed by atoms with Crippen LogP contribution < -0.4 is 9.80 Å². The van der Waals surface area contributed by atoms with Gasteiger partial charge in [0.05, 0.1) is 4.90 Å². The SMILES string of the molecule is CCN(CC)c1ccc(/C=C/C(/C=C/c2ccc(N(CC)CC)cc2)S(=O)(=O)c2ccc(C)cc2)cc1. The van der Waals surface area contributed by atoms with E-state index < -0.39 is 15.1 Å². The van der Waals surface area contributed by atoms with Gasteiger partial charge in [0.15, 0.2) is 9.84 Å². The maximum atomic E-state index is 13.6. The third-order valence-corrected chi connectivity index (χ3v) is 8.67. The van der Waals surface area contributed by atoms with Crippen LogP contribution in [0.25, 0.3) is 12.2 Å². The molecule has 4 nitrogen and oxygen atoms in total. The van der Waals surface area contributed by atoms with E-state index in [0.717, 1.165) is 42.9 Å². The summed E-state index contributed by atoms with van der Waals surface area (Å²) in [4.78, 5) is 4.89. The zero-order valence-corrected chi connectivity index (χ0v) is 23.6. The van der Waals surface area contributed by atoms with Crippen molar-refractivity contribution in [3.05, 3.63) is 102 Å². The molecule has 0 bridgehead atoms. The second kappa shape index (κ2) is 13.3. The van der Waals surface area contributed by atoms with Crippen LogP contribution in [0.15, 0.2) is 89.8 Å². The Labute approximate surface area is 223 Å². The van der Waals surface area contributed by atoms with Gasteiger partial charge >= 0.3 is 0 Å². The molecule has 0 aromatic heterocycles. The average Bonchev–Trinajstić information content (AvgIpc) is 2.91. The van der Waals surface area contributed by atoms with E-state index in [2.05, 4.69) is 61.8 Å². The summed E-state index contributed by atoms with van der Waals surface area (Å²) in [7, 11) is -3.61. The molecular formula is C32H40N2O2S. The van der Waals surface area contributed by atoms with Crippen molar-refractivity contribution < 1.29 is 8.42 Å². The predicted octanol–water partition coefficient (Wildman–Crippen LogP) is 7.26. The molecular weight excluding hydrogens is 476 g/mol. The fourth-order valence-corrected chi connectivity index (χ4v) is 5.74. The molecule has 0 radical (unpaired) electrons. The van der Waals surface area contributed by atoms with Crippen molar-refractivity contribution in [1.29, 1.82) is 0 Å². The van der Waals surface area contributed by atoms with Crippen LogP contribution >= 0.6 is 0 Å². The summed E-state index contributed by atoms with van der Waals surface area (Å²) in [5.74, 6) is 0. The van der Waals surface area contributed by atoms with Gasteiger partial charge in [-0.25, -0.2) is 8.42 Å². The van der Waals surface area contributed by atoms with Crippen LogP contribution in [0.5, 0.6) is 0 Å². The normalized spacial score (nSPS) is 12.1. The zero-order valence-electron chi connectivity index (χ0n) is 22.8. The van der Waals surface area contributed by atoms with E-state index in [1.165, 1.54) is 11.4 Å². The van der Waals surface area contributed by atoms with Gasteiger partial charge in [-0.2, -0.15) is 0 Å². The number of sulfone groups is 1. The van der Waals surface area contributed by atoms with Crippen molar-refractivity contribution in [2.45, 2.75) is 44.8 Å². The van der Waals surface area contributed by atoms with Gasteiger partial charge < -0.3 is 9.80 Å². The summed E-state index contributed by atoms with van der Waals surface area (Å²) < 4.78 is 27.2. The zero-order chi connectivity index (χ0) is 26.8. The Balaban J connectivity index is 1.91. The maximum absolute atomic E-state index is 13.6. The van der Waals surface area contributed by atoms with E-state index >= 15 is 0 Å². The van der Waals surface area contributed by atoms with Gasteiger partial charge in [-0.05, 0) is 82.1 Å². The average molecular weight is 517 g/mol. The Hall–Kier alpha value is -3.31. The summed E-state index contributed by atoms with van der Waals surface area (Å²) >= 11 is 0. The molecule has 0 aliphatic heterocycles. The molecule has 0 saturated heterocycles. The van der Waals surface area contributed by atoms with Crippen LogP contribution in [0.4, 0.5) is 11.4 Å². The molecule has 0 N–H and O–H groups in total. The molecule has 3 aromatic carbocycles. The van der Waals surface area contributed by atoms with E-state index in [1.54, 1.807) is 24.3 Å². The van der Waals surface area contributed by atoms with Gasteiger partial charge in [0.25, 0.3) is 0 Å². The Morgan fingerprint density at radius 2 is 1.00 bits per heavy atom. The van der Waals surface area contributed by atoms with Gasteiger partial charge in [0, 0.05) is 37.6 Å². The van der Waals surface area contributed by atoms with Crippen LogP contribution in [0.2, 0.25) is 0 Å². The maximum Gasteiger partial charge on any atom is 0.188 e. The summed E-state index contributed by atoms with van der Waals surface area (Å²) in [6, 6.07) is 23.6. The molecule has 0 unspecified atom stereocenters. The number of hydrogen-bond acceptors (Lipinski definition) is 4. The van der Waals surface area contributed by atoms with Gasteiger partial charge in [0.1, 0.15) is 5.25 Å². The number of anilines is 2. The molecule has 0 aliphatic carbocycles. The highest BCUT2D eigenvalue weighted by Crippen LogP contribution is 2.23. The lowest BCUT2D eigenvalue weighted by Crippen LogP contribution is -2.21. The fourth-order valence-electron chi connectivity index (χ4n) is 4.34. The Kier molecular flexibility index (Phi) is 10.2. The molecule has 0 saturated carbocycles. The second-order valence-corrected chi connectivity index (χ2v) is 11.2. The summed E-state index contributed by atoms with van der Waals surface area (Å²) in [5, 5.41) is -0.792. The van der Waals surface area contributed by atoms with E-state index in [0.29, 0.717) is 4.90 Å². The van der Waals surface area contributed by atoms with Crippen molar-refractivity contribution in [3.8, 4) is 0 Å². The van der Waals surface area contributed by atoms with Crippen LogP contribution in [-0.4, -0.2) is 39.8 Å². The number of benzene rings is 3. The molecule has 3 aromatic rings. The molecule has 0 aliphatic rings. The molecule has 0 fully saturated rings. The summed E-state index contributed by atoms with van der Waals surface area (Å²) in [6.07, 6.45) is 7.36. The number of aryl methyl sites for hydroxylation is 1. The van der Waals surface area contributed by atoms with Gasteiger partial charge in [-0.3, -0.25) is 0 Å². The molecule has 0 spiro atoms. The number of nitrogens with zero attached hydrogens (tertiary/aromatic N) is 2. The first-order chi connectivity index (χ1) is 17.8. The Morgan fingerprint density at radius 1 is 0.622 bits per heavy atom. The lowest BCUT2D eigenvalue weighted by Gasteiger charge is -2.21. The predicted molar refractivity (Wildman–Crippen MR) is 160 cm³/mol. The number of hydrogen-bond donors (Lipinski definition) is 0. The van der Waals surface area contributed by atoms with Crippen molar-refractivity contribution in [3.63, 3.8) is 0 Å². The van der Waals surface area contributed by atoms with E-state index in [9.17, 15) is 8.42 Å². The quantitative estimate of drug-likeness (QED) is 0.254. The molecule has 196 valence electrons. The largest absolute Gasteiger partial charge is 0.372 e. The topological polar surface area (TPSA) is 40.6 Å². The first-order valence-electron chi connectivity index (χ1n) is 13.2. The molecule has 37 heavy (non-hydrogen) atoms. The minimum atomic E-state index is -3.61. The minimum Gasteiger partial charge on any atom is -0.372 e. The van der Waals surface area contributed by atoms with Crippen LogP contribution in [0.3, 0.4) is 0 Å². The minimum absolute atomic E-state index is 0.325. The second-order valence-electron chi connectivity index (χ2n) is 9.07. The molecule has 0 heterocycles. The highest BCUT2D eigenvalue weighted by atomic mass is 32.2. The molecule has 0 atom stereocenters. The number of rotatable bonds is 12. The van der Waals surface area contributed by atoms with Crippen molar-refractivity contribution >= 4 is 33.4 Å². The lowest BCUT2D eigenvalue weighted by atomic mass is 10.1. The molecule has 0 amide bonds. The first-order valence-corrected chi connectivity index (χ1v) is 14.7. The fraction of sp³-hybridized carbons (Fsp3) is 0.312. The van der Waals surface area contributed by atoms with Crippen molar-refractivity contribution in [2.24, 2.45) is 0 Å². The summed E-state index contributed by atoms with van der Waals surface area (Å²) in [5.41, 5.74) is 5.30. The van der Waals surface area contributed by atoms with E-state index in [4.69, 9.17) is 0 Å². The van der Waals surface area contributed by atoms with E-state index in [1.807, 2.05) is 55.5 Å². The lowest BCUT2D eigenvalue weighted by molar-refractivity contribution is 0.594. The first kappa shape index (κ1) is 28.3. The van der Waals surface area contributed by atoms with Crippen LogP contribution in [-0.2, 0) is 9.84 Å². The van der Waals surface area contributed by atoms with Crippen LogP contribution in [0.1, 0.15) is 44.4 Å². The van der Waals surface area contributed by atoms with Gasteiger partial charge in [-0.1, -0.05) is 66.3 Å². The standard InChI is InChI=1S/C32H40N2O2S/c1-6-33(7-2)29-18-12-27(13-19-29)16-24-32(37(35,36)31-22-10-26(5)11-23-31)25-17-28-14-20-30(21-15-28)34(8-3)9-4/h10-25,32H,6-9H2,1-5H3/b24-16+,25-17+. The monoisotopic (exact) mass is 516 g/mol. The van der Waals surface area contributed by atoms with E-state index in [-0.39, 0.29) is 0 Å². The van der Waals surface area contributed by atoms with Gasteiger partial charge in [-0.15, -0.1) is 0 Å². The smallest absolute Gasteiger partial charge is 0.188 e. The highest BCUT2D eigenvalue weighted by Gasteiger charge is 2.23.